The highest BCUT2D eigenvalue weighted by Crippen LogP contribution is 2.42. The summed E-state index contributed by atoms with van der Waals surface area (Å²) >= 11 is 14.1. The van der Waals surface area contributed by atoms with Gasteiger partial charge in [0.05, 0.1) is 35.1 Å². The minimum Gasteiger partial charge on any atom is -0.496 e. The average Bonchev–Trinajstić information content (AvgIpc) is 3.42. The Hall–Kier alpha value is -4.93. The molecule has 2 amide bonds. The van der Waals surface area contributed by atoms with E-state index in [1.807, 2.05) is 54.1 Å². The largest absolute Gasteiger partial charge is 0.496 e. The third kappa shape index (κ3) is 6.21. The lowest BCUT2D eigenvalue weighted by atomic mass is 9.98. The van der Waals surface area contributed by atoms with E-state index in [0.29, 0.717) is 92.1 Å². The summed E-state index contributed by atoms with van der Waals surface area (Å²) in [4.78, 5) is 48.1. The first kappa shape index (κ1) is 33.0. The first-order chi connectivity index (χ1) is 23.1. The van der Waals surface area contributed by atoms with Crippen LogP contribution in [-0.2, 0) is 18.4 Å². The van der Waals surface area contributed by atoms with Crippen molar-refractivity contribution in [3.63, 3.8) is 0 Å². The fraction of sp³-hybridized carbons (Fsp3) is 0.250. The van der Waals surface area contributed by atoms with Crippen molar-refractivity contribution in [3.05, 3.63) is 88.2 Å². The van der Waals surface area contributed by atoms with E-state index in [0.717, 1.165) is 11.7 Å². The molecule has 0 atom stereocenters. The van der Waals surface area contributed by atoms with Gasteiger partial charge in [0.15, 0.2) is 6.29 Å². The number of fused-ring (bicyclic) bond motifs is 1. The van der Waals surface area contributed by atoms with Crippen molar-refractivity contribution in [1.82, 2.24) is 24.3 Å². The molecule has 0 unspecified atom stereocenters. The standard InChI is InChI=1S/C36H33Cl2N5O5/c1-21(45)42-15-12-25(13-16-42)43(36(46)47)19-23-8-7-22(17-31(23)48-3)34-33(38)28(11-14-39-34)27-5-4-6-29(32(27)37)30-10-9-26-24(20-44)18-41(2)35(26)40-30/h4-11,14,17-18,20,25H,12-13,15-16,19H2,1-3H3,(H,46,47). The molecule has 1 N–H and O–H groups in total. The molecule has 6 rings (SSSR count). The highest BCUT2D eigenvalue weighted by Gasteiger charge is 2.29. The number of aldehydes is 1. The van der Waals surface area contributed by atoms with E-state index in [2.05, 4.69) is 4.98 Å². The fourth-order valence-electron chi connectivity index (χ4n) is 6.37. The highest BCUT2D eigenvalue weighted by atomic mass is 35.5. The Balaban J connectivity index is 1.30. The number of hydrogen-bond donors (Lipinski definition) is 1. The summed E-state index contributed by atoms with van der Waals surface area (Å²) in [6, 6.07) is 16.4. The molecule has 0 spiro atoms. The zero-order chi connectivity index (χ0) is 34.1. The number of benzene rings is 2. The monoisotopic (exact) mass is 685 g/mol. The summed E-state index contributed by atoms with van der Waals surface area (Å²) in [5.74, 6) is 0.499. The van der Waals surface area contributed by atoms with Gasteiger partial charge in [-0.15, -0.1) is 0 Å². The second kappa shape index (κ2) is 13.7. The van der Waals surface area contributed by atoms with Gasteiger partial charge < -0.3 is 24.2 Å². The molecular formula is C36H33Cl2N5O5. The Morgan fingerprint density at radius 3 is 2.46 bits per heavy atom. The van der Waals surface area contributed by atoms with Crippen molar-refractivity contribution in [2.24, 2.45) is 7.05 Å². The SMILES string of the molecule is COc1cc(-c2nccc(-c3cccc(-c4ccc5c(C=O)cn(C)c5n4)c3Cl)c2Cl)ccc1CN(C(=O)O)C1CCN(C(C)=O)CC1. The lowest BCUT2D eigenvalue weighted by molar-refractivity contribution is -0.130. The molecule has 1 aliphatic rings. The first-order valence-corrected chi connectivity index (χ1v) is 16.1. The van der Waals surface area contributed by atoms with Gasteiger partial charge in [-0.05, 0) is 37.1 Å². The lowest BCUT2D eigenvalue weighted by Crippen LogP contribution is -2.47. The van der Waals surface area contributed by atoms with Crippen LogP contribution in [0.4, 0.5) is 4.79 Å². The number of halogens is 2. The third-order valence-electron chi connectivity index (χ3n) is 8.93. The quantitative estimate of drug-likeness (QED) is 0.167. The second-order valence-electron chi connectivity index (χ2n) is 11.7. The Morgan fingerprint density at radius 2 is 1.77 bits per heavy atom. The van der Waals surface area contributed by atoms with Crippen LogP contribution in [0.5, 0.6) is 5.75 Å². The van der Waals surface area contributed by atoms with E-state index in [1.165, 1.54) is 18.9 Å². The Kier molecular flexibility index (Phi) is 9.39. The molecule has 12 heteroatoms. The van der Waals surface area contributed by atoms with Crippen LogP contribution in [0, 0.1) is 0 Å². The number of pyridine rings is 2. The van der Waals surface area contributed by atoms with Crippen molar-refractivity contribution >= 4 is 52.5 Å². The molecule has 10 nitrogen and oxygen atoms in total. The molecule has 0 saturated carbocycles. The van der Waals surface area contributed by atoms with E-state index in [9.17, 15) is 19.5 Å². The van der Waals surface area contributed by atoms with E-state index < -0.39 is 6.09 Å². The number of piperidine rings is 1. The van der Waals surface area contributed by atoms with Crippen molar-refractivity contribution in [2.75, 3.05) is 20.2 Å². The normalized spacial score (nSPS) is 13.5. The van der Waals surface area contributed by atoms with Crippen LogP contribution in [-0.4, -0.2) is 74.0 Å². The molecule has 5 aromatic rings. The van der Waals surface area contributed by atoms with Gasteiger partial charge in [-0.2, -0.15) is 0 Å². The third-order valence-corrected chi connectivity index (χ3v) is 9.72. The Labute approximate surface area is 287 Å². The second-order valence-corrected chi connectivity index (χ2v) is 12.5. The van der Waals surface area contributed by atoms with Crippen LogP contribution in [0.15, 0.2) is 67.0 Å². The summed E-state index contributed by atoms with van der Waals surface area (Å²) in [5, 5.41) is 11.7. The number of methoxy groups -OCH3 is 1. The molecule has 0 radical (unpaired) electrons. The Morgan fingerprint density at radius 1 is 1.04 bits per heavy atom. The van der Waals surface area contributed by atoms with Crippen molar-refractivity contribution < 1.29 is 24.2 Å². The maximum atomic E-state index is 12.3. The molecule has 0 aliphatic carbocycles. The molecule has 246 valence electrons. The smallest absolute Gasteiger partial charge is 0.407 e. The maximum absolute atomic E-state index is 12.3. The highest BCUT2D eigenvalue weighted by molar-refractivity contribution is 6.39. The van der Waals surface area contributed by atoms with Crippen LogP contribution in [0.1, 0.15) is 35.7 Å². The fourth-order valence-corrected chi connectivity index (χ4v) is 7.02. The number of likely N-dealkylation sites (tertiary alicyclic amines) is 1. The summed E-state index contributed by atoms with van der Waals surface area (Å²) in [5.41, 5.74) is 5.86. The number of aromatic nitrogens is 3. The van der Waals surface area contributed by atoms with Gasteiger partial charge >= 0.3 is 6.09 Å². The van der Waals surface area contributed by atoms with Gasteiger partial charge in [0, 0.05) is 84.3 Å². The topological polar surface area (TPSA) is 118 Å². The zero-order valence-electron chi connectivity index (χ0n) is 26.6. The molecule has 3 aromatic heterocycles. The van der Waals surface area contributed by atoms with Crippen LogP contribution >= 0.6 is 23.2 Å². The summed E-state index contributed by atoms with van der Waals surface area (Å²) in [6.07, 6.45) is 4.34. The number of carbonyl (C=O) groups excluding carboxylic acids is 2. The Bertz CT molecular complexity index is 2050. The minimum absolute atomic E-state index is 0.00386. The van der Waals surface area contributed by atoms with Crippen LogP contribution in [0.25, 0.3) is 44.7 Å². The van der Waals surface area contributed by atoms with Gasteiger partial charge in [-0.3, -0.25) is 14.6 Å². The maximum Gasteiger partial charge on any atom is 0.407 e. The van der Waals surface area contributed by atoms with Gasteiger partial charge in [0.2, 0.25) is 5.91 Å². The van der Waals surface area contributed by atoms with Crippen LogP contribution in [0.2, 0.25) is 10.0 Å². The average molecular weight is 687 g/mol. The predicted octanol–water partition coefficient (Wildman–Crippen LogP) is 7.59. The lowest BCUT2D eigenvalue weighted by Gasteiger charge is -2.37. The predicted molar refractivity (Wildman–Crippen MR) is 186 cm³/mol. The number of ether oxygens (including phenoxy) is 1. The number of aryl methyl sites for hydroxylation is 1. The molecule has 1 fully saturated rings. The summed E-state index contributed by atoms with van der Waals surface area (Å²) in [7, 11) is 3.38. The molecule has 0 bridgehead atoms. The summed E-state index contributed by atoms with van der Waals surface area (Å²) in [6.45, 7) is 2.70. The minimum atomic E-state index is -1.02. The molecule has 4 heterocycles. The number of hydrogen-bond acceptors (Lipinski definition) is 6. The molecule has 2 aromatic carbocycles. The van der Waals surface area contributed by atoms with Gasteiger partial charge in [0.25, 0.3) is 0 Å². The number of rotatable bonds is 8. The molecule has 1 aliphatic heterocycles. The first-order valence-electron chi connectivity index (χ1n) is 15.4. The van der Waals surface area contributed by atoms with E-state index in [1.54, 1.807) is 29.4 Å². The molecule has 1 saturated heterocycles. The van der Waals surface area contributed by atoms with Crippen molar-refractivity contribution in [2.45, 2.75) is 32.4 Å². The van der Waals surface area contributed by atoms with Crippen molar-refractivity contribution in [3.8, 4) is 39.4 Å². The van der Waals surface area contributed by atoms with E-state index >= 15 is 0 Å². The van der Waals surface area contributed by atoms with Gasteiger partial charge in [-0.25, -0.2) is 9.78 Å². The van der Waals surface area contributed by atoms with Crippen LogP contribution in [0.3, 0.4) is 0 Å². The number of carbonyl (C=O) groups is 3. The van der Waals surface area contributed by atoms with Gasteiger partial charge in [-0.1, -0.05) is 53.5 Å². The number of carboxylic acid groups (broad SMARTS) is 1. The summed E-state index contributed by atoms with van der Waals surface area (Å²) < 4.78 is 7.53. The van der Waals surface area contributed by atoms with E-state index in [-0.39, 0.29) is 18.5 Å². The molecular weight excluding hydrogens is 653 g/mol. The number of nitrogens with zero attached hydrogens (tertiary/aromatic N) is 5. The van der Waals surface area contributed by atoms with Gasteiger partial charge in [0.1, 0.15) is 11.4 Å². The zero-order valence-corrected chi connectivity index (χ0v) is 28.1. The van der Waals surface area contributed by atoms with Crippen molar-refractivity contribution in [1.29, 1.82) is 0 Å². The van der Waals surface area contributed by atoms with E-state index in [4.69, 9.17) is 32.9 Å². The van der Waals surface area contributed by atoms with Crippen LogP contribution < -0.4 is 4.74 Å². The molecule has 48 heavy (non-hydrogen) atoms. The number of amides is 2.